The van der Waals surface area contributed by atoms with Crippen molar-refractivity contribution in [1.82, 2.24) is 9.97 Å². The number of rotatable bonds is 1. The van der Waals surface area contributed by atoms with Crippen molar-refractivity contribution in [3.05, 3.63) is 5.82 Å². The molecular formula is C5H6N2O5S. The molecule has 0 aromatic carbocycles. The molecule has 1 rings (SSSR count). The van der Waals surface area contributed by atoms with Crippen LogP contribution in [0.3, 0.4) is 0 Å². The summed E-state index contributed by atoms with van der Waals surface area (Å²) in [5.74, 6) is -1.97. The summed E-state index contributed by atoms with van der Waals surface area (Å²) in [6.45, 7) is 1.34. The largest absolute Gasteiger partial charge is 0.492 e. The van der Waals surface area contributed by atoms with Crippen molar-refractivity contribution < 1.29 is 23.2 Å². The van der Waals surface area contributed by atoms with Crippen molar-refractivity contribution in [3.63, 3.8) is 0 Å². The Bertz CT molecular complexity index is 417. The van der Waals surface area contributed by atoms with Gasteiger partial charge in [-0.15, -0.1) is 0 Å². The topological polar surface area (TPSA) is 121 Å². The molecule has 0 fully saturated rings. The molecule has 0 amide bonds. The molecular weight excluding hydrogens is 200 g/mol. The van der Waals surface area contributed by atoms with Gasteiger partial charge in [-0.05, 0) is 6.92 Å². The summed E-state index contributed by atoms with van der Waals surface area (Å²) >= 11 is 0. The maximum atomic E-state index is 10.5. The molecule has 1 heterocycles. The molecule has 0 saturated carbocycles. The monoisotopic (exact) mass is 206 g/mol. The zero-order chi connectivity index (χ0) is 10.2. The SMILES string of the molecule is Cc1nc(O)c(S(=O)(=O)O)c(O)n1. The molecule has 0 aliphatic rings. The van der Waals surface area contributed by atoms with Crippen LogP contribution in [0, 0.1) is 6.92 Å². The standard InChI is InChI=1S/C5H6N2O5S/c1-2-6-4(8)3(5(9)7-2)13(10,11)12/h1H3,(H,10,11,12)(H2,6,7,8,9). The average Bonchev–Trinajstić information content (AvgIpc) is 1.78. The van der Waals surface area contributed by atoms with Gasteiger partial charge in [0.2, 0.25) is 16.7 Å². The van der Waals surface area contributed by atoms with E-state index in [1.807, 2.05) is 0 Å². The van der Waals surface area contributed by atoms with E-state index < -0.39 is 26.8 Å². The van der Waals surface area contributed by atoms with Gasteiger partial charge in [-0.3, -0.25) is 4.55 Å². The molecule has 72 valence electrons. The number of nitrogens with zero attached hydrogens (tertiary/aromatic N) is 2. The predicted octanol–water partition coefficient (Wildman–Crippen LogP) is -0.557. The van der Waals surface area contributed by atoms with Crippen LogP contribution in [0.1, 0.15) is 5.82 Å². The summed E-state index contributed by atoms with van der Waals surface area (Å²) < 4.78 is 29.6. The first-order valence-electron chi connectivity index (χ1n) is 3.06. The van der Waals surface area contributed by atoms with Crippen molar-refractivity contribution in [2.75, 3.05) is 0 Å². The van der Waals surface area contributed by atoms with E-state index in [0.717, 1.165) is 0 Å². The van der Waals surface area contributed by atoms with Gasteiger partial charge >= 0.3 is 10.1 Å². The van der Waals surface area contributed by atoms with Crippen molar-refractivity contribution >= 4 is 10.1 Å². The number of aryl methyl sites for hydroxylation is 1. The van der Waals surface area contributed by atoms with Crippen LogP contribution < -0.4 is 0 Å². The summed E-state index contributed by atoms with van der Waals surface area (Å²) in [6, 6.07) is 0. The molecule has 13 heavy (non-hydrogen) atoms. The minimum atomic E-state index is -4.71. The lowest BCUT2D eigenvalue weighted by Gasteiger charge is -2.02. The first-order chi connectivity index (χ1) is 5.82. The molecule has 0 unspecified atom stereocenters. The van der Waals surface area contributed by atoms with Gasteiger partial charge in [0.05, 0.1) is 0 Å². The Morgan fingerprint density at radius 3 is 1.85 bits per heavy atom. The maximum Gasteiger partial charge on any atom is 0.305 e. The Labute approximate surface area is 73.5 Å². The second kappa shape index (κ2) is 2.82. The highest BCUT2D eigenvalue weighted by molar-refractivity contribution is 7.86. The summed E-state index contributed by atoms with van der Waals surface area (Å²) in [6.07, 6.45) is 0. The Kier molecular flexibility index (Phi) is 2.10. The first kappa shape index (κ1) is 9.68. The molecule has 8 heteroatoms. The molecule has 0 saturated heterocycles. The fraction of sp³-hybridized carbons (Fsp3) is 0.200. The maximum absolute atomic E-state index is 10.5. The van der Waals surface area contributed by atoms with Crippen LogP contribution in [0.4, 0.5) is 0 Å². The lowest BCUT2D eigenvalue weighted by molar-refractivity contribution is 0.381. The van der Waals surface area contributed by atoms with Gasteiger partial charge in [0.15, 0.2) is 0 Å². The van der Waals surface area contributed by atoms with Crippen LogP contribution >= 0.6 is 0 Å². The molecule has 0 aliphatic carbocycles. The highest BCUT2D eigenvalue weighted by atomic mass is 32.2. The summed E-state index contributed by atoms with van der Waals surface area (Å²) in [5.41, 5.74) is 0. The summed E-state index contributed by atoms with van der Waals surface area (Å²) in [7, 11) is -4.71. The molecule has 1 aromatic heterocycles. The fourth-order valence-electron chi connectivity index (χ4n) is 0.764. The van der Waals surface area contributed by atoms with Crippen LogP contribution in [0.5, 0.6) is 11.8 Å². The minimum Gasteiger partial charge on any atom is -0.492 e. The van der Waals surface area contributed by atoms with Gasteiger partial charge in [-0.1, -0.05) is 0 Å². The van der Waals surface area contributed by atoms with Gasteiger partial charge in [-0.25, -0.2) is 0 Å². The fourth-order valence-corrected chi connectivity index (χ4v) is 1.32. The lowest BCUT2D eigenvalue weighted by Crippen LogP contribution is -2.03. The number of aromatic hydroxyl groups is 2. The zero-order valence-electron chi connectivity index (χ0n) is 6.46. The third-order valence-electron chi connectivity index (χ3n) is 1.20. The van der Waals surface area contributed by atoms with E-state index in [-0.39, 0.29) is 5.82 Å². The average molecular weight is 206 g/mol. The smallest absolute Gasteiger partial charge is 0.305 e. The Morgan fingerprint density at radius 1 is 1.15 bits per heavy atom. The van der Waals surface area contributed by atoms with Gasteiger partial charge in [0.1, 0.15) is 5.82 Å². The van der Waals surface area contributed by atoms with Gasteiger partial charge in [-0.2, -0.15) is 18.4 Å². The Balaban J connectivity index is 3.57. The van der Waals surface area contributed by atoms with Crippen molar-refractivity contribution in [2.24, 2.45) is 0 Å². The first-order valence-corrected chi connectivity index (χ1v) is 4.50. The number of hydrogen-bond acceptors (Lipinski definition) is 6. The van der Waals surface area contributed by atoms with Crippen LogP contribution in [-0.4, -0.2) is 33.2 Å². The molecule has 7 nitrogen and oxygen atoms in total. The van der Waals surface area contributed by atoms with E-state index in [1.54, 1.807) is 0 Å². The lowest BCUT2D eigenvalue weighted by atomic mass is 10.5. The molecule has 0 atom stereocenters. The van der Waals surface area contributed by atoms with Crippen molar-refractivity contribution in [1.29, 1.82) is 0 Å². The van der Waals surface area contributed by atoms with E-state index in [4.69, 9.17) is 14.8 Å². The van der Waals surface area contributed by atoms with Crippen molar-refractivity contribution in [2.45, 2.75) is 11.8 Å². The molecule has 1 aromatic rings. The zero-order valence-corrected chi connectivity index (χ0v) is 7.28. The minimum absolute atomic E-state index is 0.0117. The summed E-state index contributed by atoms with van der Waals surface area (Å²) in [4.78, 5) is 5.41. The normalized spacial score (nSPS) is 11.5. The van der Waals surface area contributed by atoms with E-state index in [0.29, 0.717) is 0 Å². The van der Waals surface area contributed by atoms with Crippen LogP contribution in [0.2, 0.25) is 0 Å². The van der Waals surface area contributed by atoms with E-state index in [9.17, 15) is 8.42 Å². The Hall–Kier alpha value is -1.41. The predicted molar refractivity (Wildman–Crippen MR) is 39.9 cm³/mol. The molecule has 3 N–H and O–H groups in total. The van der Waals surface area contributed by atoms with Crippen LogP contribution in [-0.2, 0) is 10.1 Å². The van der Waals surface area contributed by atoms with E-state index in [1.165, 1.54) is 6.92 Å². The number of hydrogen-bond donors (Lipinski definition) is 3. The molecule has 0 spiro atoms. The molecule has 0 bridgehead atoms. The van der Waals surface area contributed by atoms with Gasteiger partial charge < -0.3 is 10.2 Å². The second-order valence-electron chi connectivity index (χ2n) is 2.22. The quantitative estimate of drug-likeness (QED) is 0.526. The number of aromatic nitrogens is 2. The summed E-state index contributed by atoms with van der Waals surface area (Å²) in [5, 5.41) is 17.9. The third-order valence-corrected chi connectivity index (χ3v) is 2.08. The Morgan fingerprint density at radius 2 is 1.54 bits per heavy atom. The van der Waals surface area contributed by atoms with Crippen LogP contribution in [0.25, 0.3) is 0 Å². The molecule has 0 aliphatic heterocycles. The van der Waals surface area contributed by atoms with Crippen molar-refractivity contribution in [3.8, 4) is 11.8 Å². The third kappa shape index (κ3) is 1.84. The molecule has 0 radical (unpaired) electrons. The highest BCUT2D eigenvalue weighted by Crippen LogP contribution is 2.27. The van der Waals surface area contributed by atoms with E-state index >= 15 is 0 Å². The van der Waals surface area contributed by atoms with Crippen LogP contribution in [0.15, 0.2) is 4.90 Å². The van der Waals surface area contributed by atoms with Gasteiger partial charge in [0, 0.05) is 0 Å². The highest BCUT2D eigenvalue weighted by Gasteiger charge is 2.23. The van der Waals surface area contributed by atoms with Gasteiger partial charge in [0.25, 0.3) is 0 Å². The second-order valence-corrected chi connectivity index (χ2v) is 3.58. The van der Waals surface area contributed by atoms with E-state index in [2.05, 4.69) is 9.97 Å².